The first-order valence-electron chi connectivity index (χ1n) is 8.17. The molecule has 0 saturated heterocycles. The van der Waals surface area contributed by atoms with E-state index in [1.807, 2.05) is 25.8 Å². The van der Waals surface area contributed by atoms with Crippen molar-refractivity contribution in [3.05, 3.63) is 35.4 Å². The largest absolute Gasteiger partial charge is 0.337 e. The van der Waals surface area contributed by atoms with Crippen LogP contribution in [-0.4, -0.2) is 29.9 Å². The van der Waals surface area contributed by atoms with E-state index >= 15 is 0 Å². The number of amides is 1. The fourth-order valence-corrected chi connectivity index (χ4v) is 2.25. The SMILES string of the molecule is CC(C)c1ccc(CN(C)CC(=O)N[C@](C)(C#N)C(C)C)cc1. The van der Waals surface area contributed by atoms with Crippen LogP contribution in [0, 0.1) is 17.2 Å². The van der Waals surface area contributed by atoms with Gasteiger partial charge >= 0.3 is 0 Å². The molecular weight excluding hydrogens is 286 g/mol. The Labute approximate surface area is 140 Å². The number of nitrogens with one attached hydrogen (secondary N) is 1. The van der Waals surface area contributed by atoms with Crippen molar-refractivity contribution in [2.75, 3.05) is 13.6 Å². The van der Waals surface area contributed by atoms with E-state index in [0.717, 1.165) is 0 Å². The predicted octanol–water partition coefficient (Wildman–Crippen LogP) is 3.30. The highest BCUT2D eigenvalue weighted by Gasteiger charge is 2.30. The summed E-state index contributed by atoms with van der Waals surface area (Å²) in [6.45, 7) is 11.0. The van der Waals surface area contributed by atoms with Crippen molar-refractivity contribution in [3.63, 3.8) is 0 Å². The van der Waals surface area contributed by atoms with Gasteiger partial charge in [0.1, 0.15) is 5.54 Å². The van der Waals surface area contributed by atoms with Gasteiger partial charge in [-0.25, -0.2) is 0 Å². The summed E-state index contributed by atoms with van der Waals surface area (Å²) in [5.41, 5.74) is 1.67. The summed E-state index contributed by atoms with van der Waals surface area (Å²) < 4.78 is 0. The highest BCUT2D eigenvalue weighted by atomic mass is 16.2. The first-order valence-corrected chi connectivity index (χ1v) is 8.17. The topological polar surface area (TPSA) is 56.1 Å². The second-order valence-corrected chi connectivity index (χ2v) is 7.09. The smallest absolute Gasteiger partial charge is 0.235 e. The molecule has 0 radical (unpaired) electrons. The van der Waals surface area contributed by atoms with Crippen LogP contribution in [0.3, 0.4) is 0 Å². The average molecular weight is 315 g/mol. The van der Waals surface area contributed by atoms with Gasteiger partial charge in [-0.15, -0.1) is 0 Å². The average Bonchev–Trinajstić information content (AvgIpc) is 2.46. The third-order valence-electron chi connectivity index (χ3n) is 4.30. The van der Waals surface area contributed by atoms with Crippen LogP contribution in [0.4, 0.5) is 0 Å². The van der Waals surface area contributed by atoms with Crippen molar-refractivity contribution in [2.24, 2.45) is 5.92 Å². The molecule has 0 aliphatic carbocycles. The van der Waals surface area contributed by atoms with Gasteiger partial charge in [-0.1, -0.05) is 52.0 Å². The first-order chi connectivity index (χ1) is 10.7. The van der Waals surface area contributed by atoms with E-state index in [1.165, 1.54) is 11.1 Å². The van der Waals surface area contributed by atoms with Crippen molar-refractivity contribution in [3.8, 4) is 6.07 Å². The molecule has 4 heteroatoms. The van der Waals surface area contributed by atoms with Crippen molar-refractivity contribution >= 4 is 5.91 Å². The molecule has 1 atom stereocenters. The van der Waals surface area contributed by atoms with Crippen LogP contribution in [0.5, 0.6) is 0 Å². The summed E-state index contributed by atoms with van der Waals surface area (Å²) in [7, 11) is 1.91. The van der Waals surface area contributed by atoms with Gasteiger partial charge in [0.25, 0.3) is 0 Å². The Morgan fingerprint density at radius 1 is 1.26 bits per heavy atom. The van der Waals surface area contributed by atoms with E-state index < -0.39 is 5.54 Å². The van der Waals surface area contributed by atoms with Crippen LogP contribution in [0.1, 0.15) is 51.7 Å². The van der Waals surface area contributed by atoms with Gasteiger partial charge in [-0.05, 0) is 36.9 Å². The number of benzene rings is 1. The minimum atomic E-state index is -0.823. The molecule has 0 saturated carbocycles. The predicted molar refractivity (Wildman–Crippen MR) is 93.9 cm³/mol. The van der Waals surface area contributed by atoms with Gasteiger partial charge < -0.3 is 5.32 Å². The summed E-state index contributed by atoms with van der Waals surface area (Å²) in [5.74, 6) is 0.460. The van der Waals surface area contributed by atoms with E-state index in [0.29, 0.717) is 12.5 Å². The lowest BCUT2D eigenvalue weighted by atomic mass is 9.90. The standard InChI is InChI=1S/C19H29N3O/c1-14(2)17-9-7-16(8-10-17)11-22(6)12-18(23)21-19(5,13-20)15(3)4/h7-10,14-15H,11-12H2,1-6H3,(H,21,23)/t19-/m1/s1. The summed E-state index contributed by atoms with van der Waals surface area (Å²) >= 11 is 0. The molecule has 0 bridgehead atoms. The lowest BCUT2D eigenvalue weighted by Crippen LogP contribution is -2.51. The van der Waals surface area contributed by atoms with E-state index in [1.54, 1.807) is 6.92 Å². The number of hydrogen-bond donors (Lipinski definition) is 1. The third-order valence-corrected chi connectivity index (χ3v) is 4.30. The molecule has 126 valence electrons. The molecule has 1 aromatic carbocycles. The van der Waals surface area contributed by atoms with Gasteiger partial charge in [-0.3, -0.25) is 9.69 Å². The molecule has 0 aliphatic rings. The second-order valence-electron chi connectivity index (χ2n) is 7.09. The van der Waals surface area contributed by atoms with Crippen molar-refractivity contribution in [1.82, 2.24) is 10.2 Å². The quantitative estimate of drug-likeness (QED) is 0.840. The third kappa shape index (κ3) is 5.69. The molecule has 1 aromatic rings. The van der Waals surface area contributed by atoms with Crippen molar-refractivity contribution in [1.29, 1.82) is 5.26 Å². The van der Waals surface area contributed by atoms with Crippen molar-refractivity contribution < 1.29 is 4.79 Å². The van der Waals surface area contributed by atoms with Gasteiger partial charge in [0, 0.05) is 6.54 Å². The maximum atomic E-state index is 12.2. The fraction of sp³-hybridized carbons (Fsp3) is 0.579. The minimum Gasteiger partial charge on any atom is -0.337 e. The van der Waals surface area contributed by atoms with Gasteiger partial charge in [0.15, 0.2) is 0 Å². The molecular formula is C19H29N3O. The Kier molecular flexibility index (Phi) is 6.78. The number of carbonyl (C=O) groups is 1. The number of rotatable bonds is 7. The first kappa shape index (κ1) is 19.2. The van der Waals surface area contributed by atoms with E-state index in [-0.39, 0.29) is 18.4 Å². The molecule has 0 unspecified atom stereocenters. The Bertz CT molecular complexity index is 557. The Morgan fingerprint density at radius 2 is 1.83 bits per heavy atom. The van der Waals surface area contributed by atoms with E-state index in [9.17, 15) is 10.1 Å². The Morgan fingerprint density at radius 3 is 2.26 bits per heavy atom. The zero-order valence-electron chi connectivity index (χ0n) is 15.2. The number of nitriles is 1. The van der Waals surface area contributed by atoms with Crippen LogP contribution < -0.4 is 5.32 Å². The zero-order chi connectivity index (χ0) is 17.6. The zero-order valence-corrected chi connectivity index (χ0v) is 15.2. The number of likely N-dealkylation sites (N-methyl/N-ethyl adjacent to an activating group) is 1. The normalized spacial score (nSPS) is 13.9. The number of carbonyl (C=O) groups excluding carboxylic acids is 1. The molecule has 0 heterocycles. The summed E-state index contributed by atoms with van der Waals surface area (Å²) in [6, 6.07) is 10.7. The highest BCUT2D eigenvalue weighted by Crippen LogP contribution is 2.16. The maximum Gasteiger partial charge on any atom is 0.235 e. The maximum absolute atomic E-state index is 12.2. The molecule has 0 aliphatic heterocycles. The van der Waals surface area contributed by atoms with Gasteiger partial charge in [0.2, 0.25) is 5.91 Å². The summed E-state index contributed by atoms with van der Waals surface area (Å²) in [6.07, 6.45) is 0. The molecule has 0 spiro atoms. The van der Waals surface area contributed by atoms with Crippen LogP contribution >= 0.6 is 0 Å². The second kappa shape index (κ2) is 8.12. The molecule has 1 rings (SSSR count). The minimum absolute atomic E-state index is 0.0605. The number of nitrogens with zero attached hydrogens (tertiary/aromatic N) is 2. The van der Waals surface area contributed by atoms with Crippen LogP contribution in [0.2, 0.25) is 0 Å². The Balaban J connectivity index is 2.58. The van der Waals surface area contributed by atoms with Crippen molar-refractivity contribution in [2.45, 2.75) is 52.6 Å². The van der Waals surface area contributed by atoms with Crippen LogP contribution in [-0.2, 0) is 11.3 Å². The van der Waals surface area contributed by atoms with Gasteiger partial charge in [-0.2, -0.15) is 5.26 Å². The Hall–Kier alpha value is -1.86. The summed E-state index contributed by atoms with van der Waals surface area (Å²) in [5, 5.41) is 12.1. The molecule has 1 amide bonds. The van der Waals surface area contributed by atoms with Crippen LogP contribution in [0.15, 0.2) is 24.3 Å². The lowest BCUT2D eigenvalue weighted by Gasteiger charge is -2.28. The molecule has 0 fully saturated rings. The summed E-state index contributed by atoms with van der Waals surface area (Å²) in [4.78, 5) is 14.1. The molecule has 4 nitrogen and oxygen atoms in total. The fourth-order valence-electron chi connectivity index (χ4n) is 2.25. The van der Waals surface area contributed by atoms with E-state index in [4.69, 9.17) is 0 Å². The van der Waals surface area contributed by atoms with E-state index in [2.05, 4.69) is 49.5 Å². The lowest BCUT2D eigenvalue weighted by molar-refractivity contribution is -0.123. The number of hydrogen-bond acceptors (Lipinski definition) is 3. The molecule has 0 aromatic heterocycles. The molecule has 1 N–H and O–H groups in total. The van der Waals surface area contributed by atoms with Crippen LogP contribution in [0.25, 0.3) is 0 Å². The van der Waals surface area contributed by atoms with Gasteiger partial charge in [0.05, 0.1) is 12.6 Å². The monoisotopic (exact) mass is 315 g/mol. The molecule has 23 heavy (non-hydrogen) atoms. The highest BCUT2D eigenvalue weighted by molar-refractivity contribution is 5.79.